The summed E-state index contributed by atoms with van der Waals surface area (Å²) in [6.07, 6.45) is 1.41. The Morgan fingerprint density at radius 1 is 1.21 bits per heavy atom. The van der Waals surface area contributed by atoms with E-state index in [0.717, 1.165) is 0 Å². The number of hydrogen-bond acceptors (Lipinski definition) is 6. The number of hydrogen-bond donors (Lipinski definition) is 1. The van der Waals surface area contributed by atoms with E-state index < -0.39 is 9.85 Å². The zero-order valence-electron chi connectivity index (χ0n) is 9.59. The number of rotatable bonds is 4. The minimum absolute atomic E-state index is 0.0330. The van der Waals surface area contributed by atoms with Gasteiger partial charge in [0.05, 0.1) is 28.8 Å². The van der Waals surface area contributed by atoms with Crippen LogP contribution in [0.4, 0.5) is 17.2 Å². The Morgan fingerprint density at radius 2 is 1.95 bits per heavy atom. The summed E-state index contributed by atoms with van der Waals surface area (Å²) in [5.41, 5.74) is 6.00. The molecule has 2 rings (SSSR count). The molecule has 0 radical (unpaired) electrons. The molecule has 0 atom stereocenters. The van der Waals surface area contributed by atoms with Gasteiger partial charge in [0.25, 0.3) is 5.69 Å². The molecule has 0 aliphatic heterocycles. The number of nitrogens with two attached hydrogens (primary N) is 1. The second-order valence-corrected chi connectivity index (χ2v) is 3.74. The highest BCUT2D eigenvalue weighted by Crippen LogP contribution is 2.25. The van der Waals surface area contributed by atoms with E-state index in [1.807, 2.05) is 0 Å². The smallest absolute Gasteiger partial charge is 0.389 e. The molecule has 1 heterocycles. The molecule has 0 aliphatic carbocycles. The summed E-state index contributed by atoms with van der Waals surface area (Å²) in [7, 11) is 0. The first-order chi connectivity index (χ1) is 8.99. The van der Waals surface area contributed by atoms with Crippen molar-refractivity contribution in [3.8, 4) is 0 Å². The van der Waals surface area contributed by atoms with Gasteiger partial charge in [-0.05, 0) is 4.92 Å². The van der Waals surface area contributed by atoms with E-state index in [9.17, 15) is 20.2 Å². The molecule has 0 aliphatic rings. The van der Waals surface area contributed by atoms with Crippen LogP contribution >= 0.6 is 0 Å². The summed E-state index contributed by atoms with van der Waals surface area (Å²) in [4.78, 5) is 20.0. The van der Waals surface area contributed by atoms with Gasteiger partial charge in [-0.25, -0.2) is 0 Å². The number of nitrogens with zero attached hydrogens (tertiary/aromatic N) is 4. The van der Waals surface area contributed by atoms with Crippen LogP contribution in [0.25, 0.3) is 0 Å². The lowest BCUT2D eigenvalue weighted by molar-refractivity contribution is -0.389. The molecular formula is C10H9N5O4. The van der Waals surface area contributed by atoms with E-state index in [-0.39, 0.29) is 23.7 Å². The number of para-hydroxylation sites is 1. The van der Waals surface area contributed by atoms with Gasteiger partial charge >= 0.3 is 5.82 Å². The number of nitro groups is 2. The van der Waals surface area contributed by atoms with Gasteiger partial charge in [0.15, 0.2) is 0 Å². The Hall–Kier alpha value is -2.97. The first-order valence-corrected chi connectivity index (χ1v) is 5.18. The van der Waals surface area contributed by atoms with Crippen molar-refractivity contribution in [1.29, 1.82) is 0 Å². The summed E-state index contributed by atoms with van der Waals surface area (Å²) in [6.45, 7) is 0.126. The fraction of sp³-hybridized carbons (Fsp3) is 0.100. The summed E-state index contributed by atoms with van der Waals surface area (Å²) in [5.74, 6) is -0.288. The molecule has 2 N–H and O–H groups in total. The van der Waals surface area contributed by atoms with E-state index in [0.29, 0.717) is 5.56 Å². The average molecular weight is 263 g/mol. The third kappa shape index (κ3) is 2.49. The van der Waals surface area contributed by atoms with Crippen LogP contribution in [0.2, 0.25) is 0 Å². The van der Waals surface area contributed by atoms with Crippen molar-refractivity contribution < 1.29 is 9.85 Å². The van der Waals surface area contributed by atoms with Crippen molar-refractivity contribution >= 4 is 17.2 Å². The number of benzene rings is 1. The van der Waals surface area contributed by atoms with E-state index in [1.165, 1.54) is 29.1 Å². The first kappa shape index (κ1) is 12.5. The lowest BCUT2D eigenvalue weighted by Gasteiger charge is -2.03. The maximum Gasteiger partial charge on any atom is 0.389 e. The van der Waals surface area contributed by atoms with Crippen molar-refractivity contribution in [3.63, 3.8) is 0 Å². The van der Waals surface area contributed by atoms with Gasteiger partial charge in [0, 0.05) is 11.6 Å². The molecule has 9 heteroatoms. The largest absolute Gasteiger partial charge is 0.393 e. The molecule has 0 saturated heterocycles. The standard InChI is InChI=1S/C10H9N5O4/c11-10-7(2-1-3-8(10)14(16)17)6-13-5-4-9(12-13)15(18)19/h1-5H,6,11H2. The molecule has 0 bridgehead atoms. The predicted molar refractivity (Wildman–Crippen MR) is 65.5 cm³/mol. The van der Waals surface area contributed by atoms with Crippen LogP contribution < -0.4 is 5.73 Å². The van der Waals surface area contributed by atoms with Gasteiger partial charge in [-0.15, -0.1) is 0 Å². The van der Waals surface area contributed by atoms with Crippen molar-refractivity contribution in [2.24, 2.45) is 0 Å². The minimum Gasteiger partial charge on any atom is -0.393 e. The second kappa shape index (κ2) is 4.72. The highest BCUT2D eigenvalue weighted by molar-refractivity contribution is 5.62. The predicted octanol–water partition coefficient (Wildman–Crippen LogP) is 1.33. The summed E-state index contributed by atoms with van der Waals surface area (Å²) < 4.78 is 1.30. The van der Waals surface area contributed by atoms with Crippen molar-refractivity contribution in [3.05, 3.63) is 56.3 Å². The fourth-order valence-corrected chi connectivity index (χ4v) is 1.61. The van der Waals surface area contributed by atoms with Gasteiger partial charge in [-0.2, -0.15) is 4.68 Å². The zero-order chi connectivity index (χ0) is 14.0. The lowest BCUT2D eigenvalue weighted by Crippen LogP contribution is -2.06. The van der Waals surface area contributed by atoms with Crippen LogP contribution in [0.5, 0.6) is 0 Å². The van der Waals surface area contributed by atoms with Gasteiger partial charge < -0.3 is 15.8 Å². The van der Waals surface area contributed by atoms with Gasteiger partial charge in [0.1, 0.15) is 5.69 Å². The van der Waals surface area contributed by atoms with Crippen LogP contribution in [-0.2, 0) is 6.54 Å². The number of aromatic nitrogens is 2. The summed E-state index contributed by atoms with van der Waals surface area (Å²) in [6, 6.07) is 5.65. The van der Waals surface area contributed by atoms with E-state index in [4.69, 9.17) is 5.73 Å². The zero-order valence-corrected chi connectivity index (χ0v) is 9.59. The maximum absolute atomic E-state index is 10.7. The molecule has 1 aromatic heterocycles. The molecule has 0 spiro atoms. The van der Waals surface area contributed by atoms with Crippen LogP contribution in [0.1, 0.15) is 5.56 Å². The van der Waals surface area contributed by atoms with Crippen molar-refractivity contribution in [2.75, 3.05) is 5.73 Å². The fourth-order valence-electron chi connectivity index (χ4n) is 1.61. The topological polar surface area (TPSA) is 130 Å². The molecular weight excluding hydrogens is 254 g/mol. The third-order valence-corrected chi connectivity index (χ3v) is 2.52. The average Bonchev–Trinajstić information content (AvgIpc) is 2.80. The minimum atomic E-state index is -0.618. The Balaban J connectivity index is 2.30. The Bertz CT molecular complexity index is 651. The van der Waals surface area contributed by atoms with Crippen LogP contribution in [-0.4, -0.2) is 19.6 Å². The first-order valence-electron chi connectivity index (χ1n) is 5.18. The van der Waals surface area contributed by atoms with Crippen LogP contribution in [0, 0.1) is 20.2 Å². The third-order valence-electron chi connectivity index (χ3n) is 2.52. The van der Waals surface area contributed by atoms with Crippen molar-refractivity contribution in [2.45, 2.75) is 6.54 Å². The van der Waals surface area contributed by atoms with E-state index >= 15 is 0 Å². The molecule has 2 aromatic rings. The van der Waals surface area contributed by atoms with Gasteiger partial charge in [-0.1, -0.05) is 12.1 Å². The second-order valence-electron chi connectivity index (χ2n) is 3.74. The highest BCUT2D eigenvalue weighted by Gasteiger charge is 2.17. The monoisotopic (exact) mass is 263 g/mol. The Morgan fingerprint density at radius 3 is 2.53 bits per heavy atom. The Kier molecular flexibility index (Phi) is 3.10. The van der Waals surface area contributed by atoms with Gasteiger partial charge in [0.2, 0.25) is 0 Å². The molecule has 19 heavy (non-hydrogen) atoms. The molecule has 9 nitrogen and oxygen atoms in total. The molecule has 0 unspecified atom stereocenters. The number of nitrogen functional groups attached to an aromatic ring is 1. The SMILES string of the molecule is Nc1c(Cn2ccc([N+](=O)[O-])n2)cccc1[N+](=O)[O-]. The number of nitro benzene ring substituents is 1. The molecule has 1 aromatic carbocycles. The molecule has 0 amide bonds. The summed E-state index contributed by atoms with van der Waals surface area (Å²) in [5, 5.41) is 24.9. The molecule has 0 saturated carbocycles. The van der Waals surface area contributed by atoms with Crippen LogP contribution in [0.15, 0.2) is 30.5 Å². The van der Waals surface area contributed by atoms with E-state index in [2.05, 4.69) is 5.10 Å². The quantitative estimate of drug-likeness (QED) is 0.503. The van der Waals surface area contributed by atoms with Crippen LogP contribution in [0.3, 0.4) is 0 Å². The van der Waals surface area contributed by atoms with Gasteiger partial charge in [-0.3, -0.25) is 10.1 Å². The van der Waals surface area contributed by atoms with E-state index in [1.54, 1.807) is 6.07 Å². The normalized spacial score (nSPS) is 10.3. The lowest BCUT2D eigenvalue weighted by atomic mass is 10.1. The molecule has 98 valence electrons. The van der Waals surface area contributed by atoms with Crippen molar-refractivity contribution in [1.82, 2.24) is 9.78 Å². The summed E-state index contributed by atoms with van der Waals surface area (Å²) >= 11 is 0. The maximum atomic E-state index is 10.7. The highest BCUT2D eigenvalue weighted by atomic mass is 16.6. The molecule has 0 fully saturated rings. The number of anilines is 1. The Labute approximate surface area is 106 Å².